The molecular weight excluding hydrogens is 337 g/mol. The second kappa shape index (κ2) is 6.46. The minimum absolute atomic E-state index is 0.306. The molecule has 0 saturated heterocycles. The van der Waals surface area contributed by atoms with Crippen LogP contribution in [-0.2, 0) is 6.54 Å². The SMILES string of the molecule is C=C(CCn1cnc2cnc3[nH]ccc3c21)NC(=O)NCC(F)(F)F. The fraction of sp³-hybridized carbons (Fsp3) is 0.267. The lowest BCUT2D eigenvalue weighted by Crippen LogP contribution is -2.40. The van der Waals surface area contributed by atoms with Gasteiger partial charge in [0.25, 0.3) is 0 Å². The molecule has 2 amide bonds. The summed E-state index contributed by atoms with van der Waals surface area (Å²) in [6.45, 7) is 2.73. The summed E-state index contributed by atoms with van der Waals surface area (Å²) in [6, 6.07) is 0.954. The van der Waals surface area contributed by atoms with Gasteiger partial charge in [0.15, 0.2) is 0 Å². The van der Waals surface area contributed by atoms with E-state index in [1.165, 1.54) is 0 Å². The Hall–Kier alpha value is -3.04. The molecule has 0 aromatic carbocycles. The maximum atomic E-state index is 12.1. The van der Waals surface area contributed by atoms with E-state index in [1.54, 1.807) is 24.0 Å². The zero-order valence-corrected chi connectivity index (χ0v) is 13.0. The fourth-order valence-electron chi connectivity index (χ4n) is 2.44. The standard InChI is InChI=1S/C15H15F3N6O/c1-9(23-14(25)21-7-15(16,17)18)3-5-24-8-22-11-6-20-13-10(12(11)24)2-4-19-13/h2,4,6,8H,1,3,5,7H2,(H,19,20)(H2,21,23,25). The second-order valence-corrected chi connectivity index (χ2v) is 5.45. The molecular formula is C15H15F3N6O. The number of aryl methyl sites for hydroxylation is 1. The number of nitrogens with one attached hydrogen (secondary N) is 3. The summed E-state index contributed by atoms with van der Waals surface area (Å²) >= 11 is 0. The number of hydrogen-bond donors (Lipinski definition) is 3. The average Bonchev–Trinajstić information content (AvgIpc) is 3.16. The molecule has 0 spiro atoms. The van der Waals surface area contributed by atoms with Gasteiger partial charge in [-0.05, 0) is 6.07 Å². The number of hydrogen-bond acceptors (Lipinski definition) is 3. The summed E-state index contributed by atoms with van der Waals surface area (Å²) in [4.78, 5) is 22.9. The molecule has 7 nitrogen and oxygen atoms in total. The maximum Gasteiger partial charge on any atom is 0.405 e. The molecule has 0 saturated carbocycles. The molecule has 3 heterocycles. The molecule has 0 aliphatic heterocycles. The molecule has 0 aliphatic rings. The van der Waals surface area contributed by atoms with Crippen molar-refractivity contribution in [1.82, 2.24) is 30.2 Å². The highest BCUT2D eigenvalue weighted by molar-refractivity contribution is 6.00. The third-order valence-electron chi connectivity index (χ3n) is 3.56. The number of halogens is 3. The number of carbonyl (C=O) groups excluding carboxylic acids is 1. The third kappa shape index (κ3) is 3.90. The number of imidazole rings is 1. The number of rotatable bonds is 5. The van der Waals surface area contributed by atoms with Crippen LogP contribution in [0.25, 0.3) is 22.1 Å². The van der Waals surface area contributed by atoms with Crippen LogP contribution in [0.5, 0.6) is 0 Å². The number of carbonyl (C=O) groups is 1. The number of alkyl halides is 3. The van der Waals surface area contributed by atoms with E-state index in [9.17, 15) is 18.0 Å². The van der Waals surface area contributed by atoms with Crippen LogP contribution in [-0.4, -0.2) is 38.3 Å². The maximum absolute atomic E-state index is 12.1. The first-order chi connectivity index (χ1) is 11.8. The largest absolute Gasteiger partial charge is 0.405 e. The molecule has 3 aromatic rings. The van der Waals surface area contributed by atoms with E-state index < -0.39 is 18.8 Å². The van der Waals surface area contributed by atoms with Gasteiger partial charge in [-0.15, -0.1) is 0 Å². The van der Waals surface area contributed by atoms with Crippen molar-refractivity contribution >= 4 is 28.1 Å². The van der Waals surface area contributed by atoms with Crippen LogP contribution in [0.3, 0.4) is 0 Å². The molecule has 132 valence electrons. The fourth-order valence-corrected chi connectivity index (χ4v) is 2.44. The molecule has 0 bridgehead atoms. The number of aromatic nitrogens is 4. The number of aromatic amines is 1. The van der Waals surface area contributed by atoms with Gasteiger partial charge in [-0.1, -0.05) is 6.58 Å². The summed E-state index contributed by atoms with van der Waals surface area (Å²) in [5.74, 6) is 0. The highest BCUT2D eigenvalue weighted by atomic mass is 19.4. The monoisotopic (exact) mass is 352 g/mol. The lowest BCUT2D eigenvalue weighted by atomic mass is 10.2. The number of amides is 2. The van der Waals surface area contributed by atoms with Gasteiger partial charge in [0.1, 0.15) is 17.7 Å². The van der Waals surface area contributed by atoms with Crippen LogP contribution < -0.4 is 10.6 Å². The lowest BCUT2D eigenvalue weighted by molar-refractivity contribution is -0.122. The summed E-state index contributed by atoms with van der Waals surface area (Å²) < 4.78 is 38.0. The predicted molar refractivity (Wildman–Crippen MR) is 85.7 cm³/mol. The molecule has 3 rings (SSSR count). The van der Waals surface area contributed by atoms with Crippen molar-refractivity contribution in [3.63, 3.8) is 0 Å². The first-order valence-electron chi connectivity index (χ1n) is 7.40. The first kappa shape index (κ1) is 16.8. The van der Waals surface area contributed by atoms with Crippen LogP contribution in [0.1, 0.15) is 6.42 Å². The van der Waals surface area contributed by atoms with E-state index in [4.69, 9.17) is 0 Å². The summed E-state index contributed by atoms with van der Waals surface area (Å²) in [6.07, 6.45) is 0.974. The average molecular weight is 352 g/mol. The van der Waals surface area contributed by atoms with Crippen molar-refractivity contribution in [2.75, 3.05) is 6.54 Å². The second-order valence-electron chi connectivity index (χ2n) is 5.45. The van der Waals surface area contributed by atoms with E-state index in [1.807, 2.05) is 10.6 Å². The minimum atomic E-state index is -4.45. The van der Waals surface area contributed by atoms with E-state index in [0.717, 1.165) is 22.1 Å². The number of fused-ring (bicyclic) bond motifs is 3. The van der Waals surface area contributed by atoms with Gasteiger partial charge in [-0.3, -0.25) is 0 Å². The lowest BCUT2D eigenvalue weighted by Gasteiger charge is -2.12. The van der Waals surface area contributed by atoms with Crippen LogP contribution in [0.4, 0.5) is 18.0 Å². The molecule has 10 heteroatoms. The highest BCUT2D eigenvalue weighted by Crippen LogP contribution is 2.22. The van der Waals surface area contributed by atoms with Crippen LogP contribution in [0.2, 0.25) is 0 Å². The Balaban J connectivity index is 1.62. The minimum Gasteiger partial charge on any atom is -0.346 e. The Bertz CT molecular complexity index is 926. The Morgan fingerprint density at radius 2 is 2.16 bits per heavy atom. The molecule has 3 aromatic heterocycles. The summed E-state index contributed by atoms with van der Waals surface area (Å²) in [5, 5.41) is 4.94. The molecule has 0 atom stereocenters. The Morgan fingerprint density at radius 1 is 1.36 bits per heavy atom. The van der Waals surface area contributed by atoms with Gasteiger partial charge in [-0.25, -0.2) is 14.8 Å². The Kier molecular flexibility index (Phi) is 4.34. The van der Waals surface area contributed by atoms with Gasteiger partial charge in [0.05, 0.1) is 18.0 Å². The summed E-state index contributed by atoms with van der Waals surface area (Å²) in [5.41, 5.74) is 2.66. The highest BCUT2D eigenvalue weighted by Gasteiger charge is 2.27. The number of H-pyrrole nitrogens is 1. The molecule has 3 N–H and O–H groups in total. The Morgan fingerprint density at radius 3 is 2.92 bits per heavy atom. The quantitative estimate of drug-likeness (QED) is 0.660. The molecule has 0 radical (unpaired) electrons. The van der Waals surface area contributed by atoms with Gasteiger partial charge in [0, 0.05) is 30.2 Å². The number of allylic oxidation sites excluding steroid dienone is 1. The topological polar surface area (TPSA) is 87.6 Å². The first-order valence-corrected chi connectivity index (χ1v) is 7.40. The van der Waals surface area contributed by atoms with Crippen molar-refractivity contribution in [3.8, 4) is 0 Å². The number of urea groups is 1. The zero-order valence-electron chi connectivity index (χ0n) is 13.0. The van der Waals surface area contributed by atoms with Crippen LogP contribution in [0, 0.1) is 0 Å². The smallest absolute Gasteiger partial charge is 0.346 e. The van der Waals surface area contributed by atoms with E-state index in [2.05, 4.69) is 26.8 Å². The number of nitrogens with zero attached hydrogens (tertiary/aromatic N) is 3. The van der Waals surface area contributed by atoms with Crippen molar-refractivity contribution in [3.05, 3.63) is 37.1 Å². The van der Waals surface area contributed by atoms with Crippen molar-refractivity contribution in [2.45, 2.75) is 19.1 Å². The van der Waals surface area contributed by atoms with Gasteiger partial charge in [-0.2, -0.15) is 13.2 Å². The van der Waals surface area contributed by atoms with E-state index in [0.29, 0.717) is 18.7 Å². The van der Waals surface area contributed by atoms with E-state index in [-0.39, 0.29) is 0 Å². The van der Waals surface area contributed by atoms with Crippen LogP contribution in [0.15, 0.2) is 37.1 Å². The molecule has 25 heavy (non-hydrogen) atoms. The van der Waals surface area contributed by atoms with Crippen molar-refractivity contribution < 1.29 is 18.0 Å². The zero-order chi connectivity index (χ0) is 18.0. The van der Waals surface area contributed by atoms with Crippen LogP contribution >= 0.6 is 0 Å². The van der Waals surface area contributed by atoms with Gasteiger partial charge < -0.3 is 20.2 Å². The molecule has 0 fully saturated rings. The molecule has 0 aliphatic carbocycles. The number of pyridine rings is 1. The predicted octanol–water partition coefficient (Wildman–Crippen LogP) is 2.68. The normalized spacial score (nSPS) is 11.8. The van der Waals surface area contributed by atoms with Gasteiger partial charge in [0.2, 0.25) is 0 Å². The van der Waals surface area contributed by atoms with Crippen molar-refractivity contribution in [1.29, 1.82) is 0 Å². The van der Waals surface area contributed by atoms with Gasteiger partial charge >= 0.3 is 12.2 Å². The van der Waals surface area contributed by atoms with Crippen molar-refractivity contribution in [2.24, 2.45) is 0 Å². The van der Waals surface area contributed by atoms with E-state index >= 15 is 0 Å². The summed E-state index contributed by atoms with van der Waals surface area (Å²) in [7, 11) is 0. The molecule has 0 unspecified atom stereocenters. The Labute approximate surface area is 139 Å². The third-order valence-corrected chi connectivity index (χ3v) is 3.56.